The van der Waals surface area contributed by atoms with Gasteiger partial charge < -0.3 is 20.5 Å². The molecule has 0 bridgehead atoms. The van der Waals surface area contributed by atoms with Crippen molar-refractivity contribution in [1.29, 1.82) is 0 Å². The molecule has 0 saturated carbocycles. The van der Waals surface area contributed by atoms with Crippen molar-refractivity contribution < 1.29 is 19.8 Å². The van der Waals surface area contributed by atoms with Crippen molar-refractivity contribution in [3.63, 3.8) is 0 Å². The van der Waals surface area contributed by atoms with Crippen LogP contribution in [0.3, 0.4) is 0 Å². The summed E-state index contributed by atoms with van der Waals surface area (Å²) < 4.78 is 0. The standard InChI is InChI=1S/C33H35N3O4/c1-22-10-12-24(13-11-22)14-15-25-6-5-7-26(18-25)20-36-31(29(21-37)32(40-36)23(2)38)33(39)34-17-16-27-19-35-30-9-4-3-8-28(27)30/h3-13,18-19,23,29,31-32,35,37-38H,16-17,20-21H2,1-2H3,(H,34,39)/t23-,29-,31-,32-/m1/s1. The molecule has 0 spiro atoms. The number of aliphatic hydroxyl groups is 2. The zero-order valence-electron chi connectivity index (χ0n) is 22.8. The molecule has 206 valence electrons. The summed E-state index contributed by atoms with van der Waals surface area (Å²) in [6, 6.07) is 23.2. The molecule has 5 rings (SSSR count). The molecular formula is C33H35N3O4. The van der Waals surface area contributed by atoms with Crippen LogP contribution in [0, 0.1) is 24.7 Å². The molecule has 7 heteroatoms. The predicted octanol–water partition coefficient (Wildman–Crippen LogP) is 3.71. The predicted molar refractivity (Wildman–Crippen MR) is 155 cm³/mol. The summed E-state index contributed by atoms with van der Waals surface area (Å²) in [5, 5.41) is 26.3. The number of para-hydroxylation sites is 1. The van der Waals surface area contributed by atoms with Gasteiger partial charge in [-0.05, 0) is 61.7 Å². The molecule has 1 saturated heterocycles. The summed E-state index contributed by atoms with van der Waals surface area (Å²) in [5.41, 5.74) is 6.07. The number of nitrogens with one attached hydrogen (secondary N) is 2. The molecule has 0 unspecified atom stereocenters. The summed E-state index contributed by atoms with van der Waals surface area (Å²) >= 11 is 0. The zero-order chi connectivity index (χ0) is 28.1. The van der Waals surface area contributed by atoms with Crippen molar-refractivity contribution >= 4 is 16.8 Å². The highest BCUT2D eigenvalue weighted by atomic mass is 16.7. The lowest BCUT2D eigenvalue weighted by Gasteiger charge is -2.24. The molecule has 1 aliphatic heterocycles. The number of hydrogen-bond acceptors (Lipinski definition) is 5. The van der Waals surface area contributed by atoms with Crippen LogP contribution in [0.5, 0.6) is 0 Å². The van der Waals surface area contributed by atoms with Crippen LogP contribution in [0.4, 0.5) is 0 Å². The SMILES string of the molecule is Cc1ccc(C#Cc2cccc(CN3O[C@H]([C@@H](C)O)[C@H](CO)[C@@H]3C(=O)NCCc3c[nH]c4ccccc34)c2)cc1. The van der Waals surface area contributed by atoms with Crippen LogP contribution in [0.1, 0.15) is 34.7 Å². The summed E-state index contributed by atoms with van der Waals surface area (Å²) in [4.78, 5) is 22.8. The number of amides is 1. The molecule has 1 amide bonds. The quantitative estimate of drug-likeness (QED) is 0.257. The number of H-pyrrole nitrogens is 1. The minimum absolute atomic E-state index is 0.239. The minimum atomic E-state index is -0.851. The van der Waals surface area contributed by atoms with Gasteiger partial charge in [0, 0.05) is 40.7 Å². The van der Waals surface area contributed by atoms with Crippen LogP contribution >= 0.6 is 0 Å². The van der Waals surface area contributed by atoms with Crippen LogP contribution in [0.25, 0.3) is 10.9 Å². The summed E-state index contributed by atoms with van der Waals surface area (Å²) in [6.45, 7) is 4.12. The van der Waals surface area contributed by atoms with Crippen molar-refractivity contribution in [3.8, 4) is 11.8 Å². The van der Waals surface area contributed by atoms with E-state index in [9.17, 15) is 15.0 Å². The van der Waals surface area contributed by atoms with Gasteiger partial charge in [-0.2, -0.15) is 5.06 Å². The molecule has 0 radical (unpaired) electrons. The third kappa shape index (κ3) is 6.27. The Balaban J connectivity index is 1.29. The molecule has 4 atom stereocenters. The lowest BCUT2D eigenvalue weighted by atomic mass is 9.92. The van der Waals surface area contributed by atoms with E-state index in [1.807, 2.05) is 79.9 Å². The number of aromatic amines is 1. The lowest BCUT2D eigenvalue weighted by molar-refractivity contribution is -0.192. The van der Waals surface area contributed by atoms with E-state index >= 15 is 0 Å². The Bertz CT molecular complexity index is 1520. The number of benzene rings is 3. The fraction of sp³-hybridized carbons (Fsp3) is 0.303. The van der Waals surface area contributed by atoms with Crippen molar-refractivity contribution in [2.24, 2.45) is 5.92 Å². The molecule has 1 aliphatic rings. The van der Waals surface area contributed by atoms with Crippen LogP contribution in [0.15, 0.2) is 79.0 Å². The van der Waals surface area contributed by atoms with E-state index in [2.05, 4.69) is 28.2 Å². The van der Waals surface area contributed by atoms with Gasteiger partial charge in [-0.25, -0.2) is 0 Å². The smallest absolute Gasteiger partial charge is 0.240 e. The molecule has 40 heavy (non-hydrogen) atoms. The zero-order valence-corrected chi connectivity index (χ0v) is 22.8. The molecular weight excluding hydrogens is 502 g/mol. The Morgan fingerprint density at radius 2 is 1.85 bits per heavy atom. The van der Waals surface area contributed by atoms with Gasteiger partial charge in [0.2, 0.25) is 5.91 Å². The number of carbonyl (C=O) groups is 1. The number of carbonyl (C=O) groups excluding carboxylic acids is 1. The number of hydrogen-bond donors (Lipinski definition) is 4. The maximum Gasteiger partial charge on any atom is 0.240 e. The Labute approximate surface area is 234 Å². The Morgan fingerprint density at radius 3 is 2.62 bits per heavy atom. The fourth-order valence-electron chi connectivity index (χ4n) is 5.28. The number of aliphatic hydroxyl groups excluding tert-OH is 2. The van der Waals surface area contributed by atoms with Gasteiger partial charge in [0.25, 0.3) is 0 Å². The average Bonchev–Trinajstić information content (AvgIpc) is 3.54. The van der Waals surface area contributed by atoms with Gasteiger partial charge in [0.05, 0.1) is 19.3 Å². The van der Waals surface area contributed by atoms with E-state index in [-0.39, 0.29) is 12.5 Å². The summed E-state index contributed by atoms with van der Waals surface area (Å²) in [5.74, 6) is 5.59. The first-order chi connectivity index (χ1) is 19.4. The first-order valence-electron chi connectivity index (χ1n) is 13.7. The van der Waals surface area contributed by atoms with Crippen LogP contribution in [-0.4, -0.2) is 57.6 Å². The molecule has 0 aliphatic carbocycles. The van der Waals surface area contributed by atoms with Crippen LogP contribution in [-0.2, 0) is 22.6 Å². The van der Waals surface area contributed by atoms with E-state index in [1.54, 1.807) is 12.0 Å². The van der Waals surface area contributed by atoms with Crippen molar-refractivity contribution in [1.82, 2.24) is 15.4 Å². The van der Waals surface area contributed by atoms with Gasteiger partial charge in [-0.3, -0.25) is 9.63 Å². The third-order valence-electron chi connectivity index (χ3n) is 7.39. The fourth-order valence-corrected chi connectivity index (χ4v) is 5.28. The second-order valence-corrected chi connectivity index (χ2v) is 10.4. The highest BCUT2D eigenvalue weighted by Crippen LogP contribution is 2.31. The topological polar surface area (TPSA) is 97.8 Å². The lowest BCUT2D eigenvalue weighted by Crippen LogP contribution is -2.48. The first kappa shape index (κ1) is 27.6. The van der Waals surface area contributed by atoms with E-state index in [0.717, 1.165) is 33.2 Å². The minimum Gasteiger partial charge on any atom is -0.396 e. The summed E-state index contributed by atoms with van der Waals surface area (Å²) in [7, 11) is 0. The number of nitrogens with zero attached hydrogens (tertiary/aromatic N) is 1. The Morgan fingerprint density at radius 1 is 1.07 bits per heavy atom. The number of hydroxylamine groups is 2. The molecule has 2 heterocycles. The van der Waals surface area contributed by atoms with Gasteiger partial charge in [0.15, 0.2) is 0 Å². The monoisotopic (exact) mass is 537 g/mol. The van der Waals surface area contributed by atoms with Crippen molar-refractivity contribution in [3.05, 3.63) is 107 Å². The van der Waals surface area contributed by atoms with Gasteiger partial charge in [0.1, 0.15) is 12.1 Å². The van der Waals surface area contributed by atoms with Crippen molar-refractivity contribution in [2.75, 3.05) is 13.2 Å². The molecule has 7 nitrogen and oxygen atoms in total. The molecule has 1 aromatic heterocycles. The van der Waals surface area contributed by atoms with E-state index < -0.39 is 24.2 Å². The third-order valence-corrected chi connectivity index (χ3v) is 7.39. The van der Waals surface area contributed by atoms with Gasteiger partial charge in [-0.1, -0.05) is 59.9 Å². The highest BCUT2D eigenvalue weighted by Gasteiger charge is 2.48. The second kappa shape index (κ2) is 12.5. The molecule has 4 N–H and O–H groups in total. The molecule has 1 fully saturated rings. The average molecular weight is 538 g/mol. The number of aryl methyl sites for hydroxylation is 1. The Hall–Kier alpha value is -3.93. The maximum absolute atomic E-state index is 13.5. The number of aromatic nitrogens is 1. The number of fused-ring (bicyclic) bond motifs is 1. The van der Waals surface area contributed by atoms with Crippen LogP contribution in [0.2, 0.25) is 0 Å². The van der Waals surface area contributed by atoms with E-state index in [0.29, 0.717) is 19.5 Å². The van der Waals surface area contributed by atoms with Gasteiger partial charge in [-0.15, -0.1) is 0 Å². The Kier molecular flexibility index (Phi) is 8.63. The van der Waals surface area contributed by atoms with Gasteiger partial charge >= 0.3 is 0 Å². The molecule has 3 aromatic carbocycles. The van der Waals surface area contributed by atoms with E-state index in [1.165, 1.54) is 5.56 Å². The second-order valence-electron chi connectivity index (χ2n) is 10.4. The molecule has 4 aromatic rings. The normalized spacial score (nSPS) is 19.8. The largest absolute Gasteiger partial charge is 0.396 e. The first-order valence-corrected chi connectivity index (χ1v) is 13.7. The summed E-state index contributed by atoms with van der Waals surface area (Å²) in [6.07, 6.45) is 1.08. The highest BCUT2D eigenvalue weighted by molar-refractivity contribution is 5.84. The van der Waals surface area contributed by atoms with Crippen LogP contribution < -0.4 is 5.32 Å². The maximum atomic E-state index is 13.5. The number of rotatable bonds is 8. The van der Waals surface area contributed by atoms with E-state index in [4.69, 9.17) is 4.84 Å². The van der Waals surface area contributed by atoms with Crippen molar-refractivity contribution in [2.45, 2.75) is 45.1 Å².